The summed E-state index contributed by atoms with van der Waals surface area (Å²) in [7, 11) is 0. The van der Waals surface area contributed by atoms with Gasteiger partial charge in [0.2, 0.25) is 0 Å². The van der Waals surface area contributed by atoms with E-state index in [0.717, 1.165) is 34.3 Å². The van der Waals surface area contributed by atoms with E-state index in [-0.39, 0.29) is 5.91 Å². The SMILES string of the molecule is Cc1cccc(Cl)c1SCc1cccc(C(=O)N2CC(C)CC(C)C2)n1. The third-order valence-electron chi connectivity index (χ3n) is 4.71. The Labute approximate surface area is 165 Å². The van der Waals surface area contributed by atoms with Crippen LogP contribution in [0.4, 0.5) is 0 Å². The third kappa shape index (κ3) is 4.60. The molecule has 138 valence electrons. The quantitative estimate of drug-likeness (QED) is 0.652. The van der Waals surface area contributed by atoms with Gasteiger partial charge in [0, 0.05) is 23.7 Å². The number of amides is 1. The zero-order valence-corrected chi connectivity index (χ0v) is 17.1. The number of aromatic nitrogens is 1. The summed E-state index contributed by atoms with van der Waals surface area (Å²) in [6.07, 6.45) is 1.19. The maximum Gasteiger partial charge on any atom is 0.272 e. The highest BCUT2D eigenvalue weighted by Gasteiger charge is 2.26. The Balaban J connectivity index is 1.71. The highest BCUT2D eigenvalue weighted by Crippen LogP contribution is 2.32. The summed E-state index contributed by atoms with van der Waals surface area (Å²) in [6.45, 7) is 8.12. The Kier molecular flexibility index (Phi) is 6.25. The van der Waals surface area contributed by atoms with Gasteiger partial charge in [0.1, 0.15) is 5.69 Å². The van der Waals surface area contributed by atoms with Crippen LogP contribution in [0.15, 0.2) is 41.3 Å². The molecule has 1 saturated heterocycles. The summed E-state index contributed by atoms with van der Waals surface area (Å²) >= 11 is 7.97. The van der Waals surface area contributed by atoms with E-state index in [9.17, 15) is 4.79 Å². The molecule has 1 fully saturated rings. The van der Waals surface area contributed by atoms with Crippen molar-refractivity contribution in [3.8, 4) is 0 Å². The van der Waals surface area contributed by atoms with Crippen LogP contribution in [-0.2, 0) is 5.75 Å². The molecule has 1 aromatic carbocycles. The lowest BCUT2D eigenvalue weighted by Crippen LogP contribution is -2.42. The van der Waals surface area contributed by atoms with Crippen molar-refractivity contribution in [3.63, 3.8) is 0 Å². The summed E-state index contributed by atoms with van der Waals surface area (Å²) in [5.41, 5.74) is 2.60. The van der Waals surface area contributed by atoms with E-state index < -0.39 is 0 Å². The average Bonchev–Trinajstić information content (AvgIpc) is 2.60. The summed E-state index contributed by atoms with van der Waals surface area (Å²) in [5.74, 6) is 1.83. The van der Waals surface area contributed by atoms with Gasteiger partial charge < -0.3 is 4.90 Å². The van der Waals surface area contributed by atoms with E-state index in [1.54, 1.807) is 11.8 Å². The van der Waals surface area contributed by atoms with E-state index in [4.69, 9.17) is 11.6 Å². The first-order valence-corrected chi connectivity index (χ1v) is 10.4. The number of halogens is 1. The number of pyridine rings is 1. The number of hydrogen-bond donors (Lipinski definition) is 0. The van der Waals surface area contributed by atoms with Gasteiger partial charge in [0.25, 0.3) is 5.91 Å². The predicted octanol–water partition coefficient (Wildman–Crippen LogP) is 5.45. The van der Waals surface area contributed by atoms with Crippen LogP contribution in [0.25, 0.3) is 0 Å². The van der Waals surface area contributed by atoms with Crippen molar-refractivity contribution in [1.82, 2.24) is 9.88 Å². The predicted molar refractivity (Wildman–Crippen MR) is 109 cm³/mol. The largest absolute Gasteiger partial charge is 0.337 e. The molecule has 0 saturated carbocycles. The maximum atomic E-state index is 12.9. The monoisotopic (exact) mass is 388 g/mol. The molecule has 0 spiro atoms. The van der Waals surface area contributed by atoms with Crippen molar-refractivity contribution in [2.45, 2.75) is 37.8 Å². The van der Waals surface area contributed by atoms with Crippen molar-refractivity contribution < 1.29 is 4.79 Å². The molecule has 2 aromatic rings. The number of piperidine rings is 1. The molecule has 2 unspecified atom stereocenters. The molecule has 3 nitrogen and oxygen atoms in total. The first-order chi connectivity index (χ1) is 12.4. The lowest BCUT2D eigenvalue weighted by molar-refractivity contribution is 0.0617. The number of carbonyl (C=O) groups is 1. The van der Waals surface area contributed by atoms with Crippen LogP contribution in [0.1, 0.15) is 42.0 Å². The number of aryl methyl sites for hydroxylation is 1. The van der Waals surface area contributed by atoms with Crippen molar-refractivity contribution in [3.05, 3.63) is 58.4 Å². The average molecular weight is 389 g/mol. The highest BCUT2D eigenvalue weighted by molar-refractivity contribution is 7.98. The molecule has 3 rings (SSSR count). The highest BCUT2D eigenvalue weighted by atomic mass is 35.5. The minimum Gasteiger partial charge on any atom is -0.337 e. The van der Waals surface area contributed by atoms with Gasteiger partial charge in [-0.15, -0.1) is 11.8 Å². The molecule has 1 aromatic heterocycles. The lowest BCUT2D eigenvalue weighted by atomic mass is 9.92. The van der Waals surface area contributed by atoms with Gasteiger partial charge in [-0.05, 0) is 48.9 Å². The van der Waals surface area contributed by atoms with Gasteiger partial charge in [-0.25, -0.2) is 4.98 Å². The van der Waals surface area contributed by atoms with Gasteiger partial charge in [0.05, 0.1) is 10.7 Å². The van der Waals surface area contributed by atoms with Gasteiger partial charge in [-0.1, -0.05) is 43.6 Å². The van der Waals surface area contributed by atoms with Crippen LogP contribution in [-0.4, -0.2) is 28.9 Å². The molecule has 1 amide bonds. The molecule has 0 aliphatic carbocycles. The topological polar surface area (TPSA) is 33.2 Å². The second kappa shape index (κ2) is 8.45. The zero-order valence-electron chi connectivity index (χ0n) is 15.5. The Hall–Kier alpha value is -1.52. The minimum absolute atomic E-state index is 0.0455. The van der Waals surface area contributed by atoms with Crippen molar-refractivity contribution in [2.24, 2.45) is 11.8 Å². The van der Waals surface area contributed by atoms with Crippen LogP contribution in [0.2, 0.25) is 5.02 Å². The molecule has 0 bridgehead atoms. The molecule has 0 N–H and O–H groups in total. The van der Waals surface area contributed by atoms with E-state index >= 15 is 0 Å². The maximum absolute atomic E-state index is 12.9. The Morgan fingerprint density at radius 2 is 1.88 bits per heavy atom. The van der Waals surface area contributed by atoms with E-state index in [0.29, 0.717) is 23.3 Å². The normalized spacial score (nSPS) is 20.2. The number of hydrogen-bond acceptors (Lipinski definition) is 3. The standard InChI is InChI=1S/C21H25ClN2OS/c1-14-10-15(2)12-24(11-14)21(25)19-9-5-7-17(23-19)13-26-20-16(3)6-4-8-18(20)22/h4-9,14-15H,10-13H2,1-3H3. The Bertz CT molecular complexity index is 765. The van der Waals surface area contributed by atoms with Crippen LogP contribution < -0.4 is 0 Å². The first kappa shape index (κ1) is 19.2. The Morgan fingerprint density at radius 3 is 2.58 bits per heavy atom. The molecule has 0 radical (unpaired) electrons. The summed E-state index contributed by atoms with van der Waals surface area (Å²) in [4.78, 5) is 20.5. The van der Waals surface area contributed by atoms with Gasteiger partial charge in [-0.3, -0.25) is 4.79 Å². The number of rotatable bonds is 4. The molecule has 2 heterocycles. The number of carbonyl (C=O) groups excluding carboxylic acids is 1. The fourth-order valence-electron chi connectivity index (χ4n) is 3.62. The summed E-state index contributed by atoms with van der Waals surface area (Å²) in [5, 5.41) is 0.763. The minimum atomic E-state index is 0.0455. The van der Waals surface area contributed by atoms with Crippen LogP contribution in [0, 0.1) is 18.8 Å². The zero-order chi connectivity index (χ0) is 18.7. The van der Waals surface area contributed by atoms with Crippen molar-refractivity contribution >= 4 is 29.3 Å². The number of nitrogens with zero attached hydrogens (tertiary/aromatic N) is 2. The number of thioether (sulfide) groups is 1. The van der Waals surface area contributed by atoms with Gasteiger partial charge >= 0.3 is 0 Å². The molecule has 5 heteroatoms. The van der Waals surface area contributed by atoms with Crippen LogP contribution in [0.3, 0.4) is 0 Å². The molecule has 1 aliphatic heterocycles. The van der Waals surface area contributed by atoms with Crippen LogP contribution >= 0.6 is 23.4 Å². The number of likely N-dealkylation sites (tertiary alicyclic amines) is 1. The van der Waals surface area contributed by atoms with Crippen molar-refractivity contribution in [1.29, 1.82) is 0 Å². The van der Waals surface area contributed by atoms with Gasteiger partial charge in [0.15, 0.2) is 0 Å². The number of benzene rings is 1. The fraction of sp³-hybridized carbons (Fsp3) is 0.429. The second-order valence-electron chi connectivity index (χ2n) is 7.34. The summed E-state index contributed by atoms with van der Waals surface area (Å²) in [6, 6.07) is 11.6. The molecular formula is C21H25ClN2OS. The molecule has 26 heavy (non-hydrogen) atoms. The third-order valence-corrected chi connectivity index (χ3v) is 6.41. The van der Waals surface area contributed by atoms with Crippen molar-refractivity contribution in [2.75, 3.05) is 13.1 Å². The second-order valence-corrected chi connectivity index (χ2v) is 8.74. The van der Waals surface area contributed by atoms with E-state index in [1.807, 2.05) is 35.2 Å². The smallest absolute Gasteiger partial charge is 0.272 e. The molecular weight excluding hydrogens is 364 g/mol. The Morgan fingerprint density at radius 1 is 1.19 bits per heavy atom. The lowest BCUT2D eigenvalue weighted by Gasteiger charge is -2.34. The fourth-order valence-corrected chi connectivity index (χ4v) is 4.96. The molecule has 2 atom stereocenters. The first-order valence-electron chi connectivity index (χ1n) is 9.07. The van der Waals surface area contributed by atoms with Gasteiger partial charge in [-0.2, -0.15) is 0 Å². The van der Waals surface area contributed by atoms with E-state index in [1.165, 1.54) is 6.42 Å². The summed E-state index contributed by atoms with van der Waals surface area (Å²) < 4.78 is 0. The van der Waals surface area contributed by atoms with Crippen LogP contribution in [0.5, 0.6) is 0 Å². The molecule has 1 aliphatic rings. The van der Waals surface area contributed by atoms with E-state index in [2.05, 4.69) is 31.8 Å².